The van der Waals surface area contributed by atoms with Crippen LogP contribution in [-0.4, -0.2) is 50.7 Å². The number of ether oxygens (including phenoxy) is 1. The average molecular weight is 760 g/mol. The van der Waals surface area contributed by atoms with Crippen molar-refractivity contribution in [3.63, 3.8) is 0 Å². The van der Waals surface area contributed by atoms with Crippen molar-refractivity contribution in [1.29, 1.82) is 0 Å². The van der Waals surface area contributed by atoms with Crippen LogP contribution in [0.3, 0.4) is 0 Å². The van der Waals surface area contributed by atoms with Crippen LogP contribution in [0.25, 0.3) is 77.4 Å². The number of fused-ring (bicyclic) bond motifs is 12. The van der Waals surface area contributed by atoms with Gasteiger partial charge in [-0.15, -0.1) is 0 Å². The summed E-state index contributed by atoms with van der Waals surface area (Å²) in [5, 5.41) is 24.4. The molecule has 0 unspecified atom stereocenters. The summed E-state index contributed by atoms with van der Waals surface area (Å²) in [6.45, 7) is 5.90. The molecular formula is C44H34FN7O5. The maximum atomic E-state index is 13.9. The van der Waals surface area contributed by atoms with Gasteiger partial charge in [0.25, 0.3) is 5.56 Å². The summed E-state index contributed by atoms with van der Waals surface area (Å²) in [4.78, 5) is 51.0. The minimum atomic E-state index is -1.83. The van der Waals surface area contributed by atoms with Gasteiger partial charge in [0, 0.05) is 61.8 Å². The molecule has 0 spiro atoms. The minimum absolute atomic E-state index is 0.110. The first-order chi connectivity index (χ1) is 27.6. The van der Waals surface area contributed by atoms with Crippen LogP contribution < -0.4 is 5.56 Å². The number of esters is 1. The molecule has 0 saturated carbocycles. The van der Waals surface area contributed by atoms with Crippen LogP contribution in [-0.2, 0) is 34.7 Å². The van der Waals surface area contributed by atoms with Crippen molar-refractivity contribution in [2.45, 2.75) is 52.4 Å². The molecule has 9 aromatic rings. The number of benzene rings is 3. The predicted molar refractivity (Wildman–Crippen MR) is 214 cm³/mol. The summed E-state index contributed by atoms with van der Waals surface area (Å²) in [5.41, 5.74) is 8.56. The van der Waals surface area contributed by atoms with Crippen molar-refractivity contribution in [2.75, 3.05) is 0 Å². The number of nitrogens with zero attached hydrogens (tertiary/aromatic N) is 5. The lowest BCUT2D eigenvalue weighted by Crippen LogP contribution is -2.44. The second-order valence-electron chi connectivity index (χ2n) is 14.5. The fourth-order valence-electron chi connectivity index (χ4n) is 8.62. The maximum Gasteiger partial charge on any atom is 0.343 e. The van der Waals surface area contributed by atoms with Gasteiger partial charge in [-0.3, -0.25) is 14.8 Å². The predicted octanol–water partition coefficient (Wildman–Crippen LogP) is 7.60. The van der Waals surface area contributed by atoms with Gasteiger partial charge in [-0.2, -0.15) is 0 Å². The van der Waals surface area contributed by atoms with Gasteiger partial charge < -0.3 is 29.5 Å². The first kappa shape index (κ1) is 34.5. The van der Waals surface area contributed by atoms with Gasteiger partial charge >= 0.3 is 5.97 Å². The molecular weight excluding hydrogens is 726 g/mol. The van der Waals surface area contributed by atoms with E-state index in [0.717, 1.165) is 77.0 Å². The Hall–Kier alpha value is -6.99. The van der Waals surface area contributed by atoms with Gasteiger partial charge in [0.1, 0.15) is 24.0 Å². The zero-order chi connectivity index (χ0) is 39.3. The number of rotatable bonds is 3. The van der Waals surface area contributed by atoms with Crippen LogP contribution in [0.4, 0.5) is 4.39 Å². The molecule has 11 rings (SSSR count). The fraction of sp³-hybridized carbons (Fsp3) is 0.182. The van der Waals surface area contributed by atoms with Crippen LogP contribution in [0.5, 0.6) is 5.75 Å². The van der Waals surface area contributed by atoms with Gasteiger partial charge in [-0.25, -0.2) is 19.2 Å². The number of H-pyrrole nitrogens is 2. The van der Waals surface area contributed by atoms with E-state index in [0.29, 0.717) is 41.3 Å². The Morgan fingerprint density at radius 1 is 0.877 bits per heavy atom. The second-order valence-corrected chi connectivity index (χ2v) is 14.5. The van der Waals surface area contributed by atoms with Crippen LogP contribution in [0.15, 0.2) is 83.9 Å². The van der Waals surface area contributed by atoms with Crippen molar-refractivity contribution in [3.05, 3.63) is 123 Å². The van der Waals surface area contributed by atoms with E-state index in [9.17, 15) is 24.2 Å². The highest BCUT2D eigenvalue weighted by atomic mass is 19.1. The highest BCUT2D eigenvalue weighted by Crippen LogP contribution is 2.41. The third-order valence-electron chi connectivity index (χ3n) is 11.4. The number of aromatic amines is 2. The number of imidazole rings is 1. The van der Waals surface area contributed by atoms with E-state index in [1.807, 2.05) is 38.1 Å². The number of pyridine rings is 4. The van der Waals surface area contributed by atoms with E-state index < -0.39 is 11.6 Å². The van der Waals surface area contributed by atoms with E-state index in [-0.39, 0.29) is 30.2 Å². The molecule has 1 atom stereocenters. The van der Waals surface area contributed by atoms with Gasteiger partial charge in [-0.1, -0.05) is 13.8 Å². The number of aryl methyl sites for hydroxylation is 2. The molecule has 2 aliphatic heterocycles. The summed E-state index contributed by atoms with van der Waals surface area (Å²) in [6.07, 6.45) is 4.36. The summed E-state index contributed by atoms with van der Waals surface area (Å²) in [7, 11) is 0. The molecule has 0 bridgehead atoms. The van der Waals surface area contributed by atoms with Gasteiger partial charge in [-0.05, 0) is 92.1 Å². The number of hydrogen-bond donors (Lipinski definition) is 4. The lowest BCUT2D eigenvalue weighted by atomic mass is 9.86. The van der Waals surface area contributed by atoms with E-state index in [1.54, 1.807) is 60.3 Å². The Bertz CT molecular complexity index is 3190. The van der Waals surface area contributed by atoms with Crippen molar-refractivity contribution >= 4 is 60.6 Å². The van der Waals surface area contributed by atoms with Crippen LogP contribution in [0.2, 0.25) is 0 Å². The van der Waals surface area contributed by atoms with Crippen LogP contribution in [0.1, 0.15) is 48.2 Å². The summed E-state index contributed by atoms with van der Waals surface area (Å²) < 4.78 is 20.6. The number of halogens is 1. The molecule has 8 heterocycles. The molecule has 6 aromatic heterocycles. The maximum absolute atomic E-state index is 13.9. The Balaban J connectivity index is 0.000000139. The smallest absolute Gasteiger partial charge is 0.343 e. The largest absolute Gasteiger partial charge is 0.508 e. The van der Waals surface area contributed by atoms with E-state index >= 15 is 0 Å². The molecule has 0 saturated heterocycles. The normalized spacial score (nSPS) is 15.8. The number of cyclic esters (lactones) is 1. The zero-order valence-corrected chi connectivity index (χ0v) is 31.1. The highest BCUT2D eigenvalue weighted by Gasteiger charge is 2.45. The van der Waals surface area contributed by atoms with Gasteiger partial charge in [0.2, 0.25) is 0 Å². The molecule has 57 heavy (non-hydrogen) atoms. The molecule has 0 radical (unpaired) electrons. The molecule has 2 aliphatic rings. The third-order valence-corrected chi connectivity index (χ3v) is 11.4. The Morgan fingerprint density at radius 2 is 1.65 bits per heavy atom. The first-order valence-electron chi connectivity index (χ1n) is 18.7. The monoisotopic (exact) mass is 759 g/mol. The van der Waals surface area contributed by atoms with Crippen LogP contribution in [0, 0.1) is 12.7 Å². The van der Waals surface area contributed by atoms with Gasteiger partial charge in [0.15, 0.2) is 5.60 Å². The lowest BCUT2D eigenvalue weighted by molar-refractivity contribution is -0.172. The topological polar surface area (TPSA) is 172 Å². The second kappa shape index (κ2) is 12.5. The van der Waals surface area contributed by atoms with Crippen LogP contribution >= 0.6 is 0 Å². The van der Waals surface area contributed by atoms with E-state index in [4.69, 9.17) is 14.7 Å². The Morgan fingerprint density at radius 3 is 2.42 bits per heavy atom. The standard InChI is InChI=1S/C22H14FN5.C22H20N2O5/c1-11-17(15-10-12(23)6-7-16(15)26-11)22-27-20-13-4-2-8-24-18(13)19-14(21(20)28-22)5-3-9-25-19;1-3-12-13-7-11(25)5-6-17(13)23-19-14(12)9-24-18(19)8-16-15(20(24)26)10-29-21(27)22(16,28)4-2/h2-10,26H,1H3,(H,27,28);5-8,25,28H,3-4,9-10H2,1-2H3/t;22-/m.0/s1. The van der Waals surface area contributed by atoms with Crippen molar-refractivity contribution in [2.24, 2.45) is 0 Å². The zero-order valence-electron chi connectivity index (χ0n) is 31.1. The molecule has 12 nitrogen and oxygen atoms in total. The molecule has 3 aromatic carbocycles. The van der Waals surface area contributed by atoms with Crippen molar-refractivity contribution < 1.29 is 24.1 Å². The van der Waals surface area contributed by atoms with Crippen molar-refractivity contribution in [1.82, 2.24) is 34.5 Å². The summed E-state index contributed by atoms with van der Waals surface area (Å²) in [5.74, 6) is -0.133. The average Bonchev–Trinajstić information content (AvgIpc) is 3.92. The number of aromatic hydroxyl groups is 1. The number of carbonyl (C=O) groups excluding carboxylic acids is 1. The number of hydrogen-bond acceptors (Lipinski definition) is 9. The van der Waals surface area contributed by atoms with E-state index in [1.165, 1.54) is 6.07 Å². The minimum Gasteiger partial charge on any atom is -0.508 e. The quantitative estimate of drug-likeness (QED) is 0.105. The molecule has 282 valence electrons. The third kappa shape index (κ3) is 5.01. The lowest BCUT2D eigenvalue weighted by Gasteiger charge is -2.31. The molecule has 4 N–H and O–H groups in total. The van der Waals surface area contributed by atoms with Crippen molar-refractivity contribution in [3.8, 4) is 28.5 Å². The Labute approximate surface area is 322 Å². The number of carbonyl (C=O) groups is 1. The number of aromatic nitrogens is 7. The highest BCUT2D eigenvalue weighted by molar-refractivity contribution is 6.21. The SMILES string of the molecule is CCc1c2c(nc3ccc(O)cc13)-c1cc3c(c(=O)n1C2)COC(=O)[C@]3(O)CC.Cc1[nH]c2ccc(F)cc2c1-c1nc2c3cccnc3c3ncccc3c2[nH]1. The Kier molecular flexibility index (Phi) is 7.57. The number of phenols is 1. The summed E-state index contributed by atoms with van der Waals surface area (Å²) >= 11 is 0. The molecule has 0 amide bonds. The molecule has 13 heteroatoms. The first-order valence-corrected chi connectivity index (χ1v) is 18.7. The number of nitrogens with one attached hydrogen (secondary N) is 2. The molecule has 0 aliphatic carbocycles. The summed E-state index contributed by atoms with van der Waals surface area (Å²) in [6, 6.07) is 19.3. The fourth-order valence-corrected chi connectivity index (χ4v) is 8.62. The van der Waals surface area contributed by atoms with E-state index in [2.05, 4.69) is 19.9 Å². The van der Waals surface area contributed by atoms with Gasteiger partial charge in [0.05, 0.1) is 51.1 Å². The molecule has 0 fully saturated rings. The number of phenolic OH excluding ortho intramolecular Hbond substituents is 1. The number of aliphatic hydroxyl groups is 1.